The van der Waals surface area contributed by atoms with Gasteiger partial charge in [0.15, 0.2) is 6.10 Å². The molecule has 0 aliphatic carbocycles. The van der Waals surface area contributed by atoms with Gasteiger partial charge in [-0.1, -0.05) is 265 Å². The van der Waals surface area contributed by atoms with E-state index in [-0.39, 0.29) is 32.0 Å². The smallest absolute Gasteiger partial charge is 0.309 e. The van der Waals surface area contributed by atoms with E-state index in [0.717, 1.165) is 148 Å². The summed E-state index contributed by atoms with van der Waals surface area (Å²) in [6.45, 7) is 6.12. The molecule has 0 aromatic heterocycles. The van der Waals surface area contributed by atoms with Crippen molar-refractivity contribution in [3.05, 3.63) is 219 Å². The van der Waals surface area contributed by atoms with E-state index in [1.54, 1.807) is 6.08 Å². The van der Waals surface area contributed by atoms with Crippen molar-refractivity contribution in [3.8, 4) is 0 Å². The Morgan fingerprint density at radius 1 is 0.259 bits per heavy atom. The van der Waals surface area contributed by atoms with Gasteiger partial charge in [0.2, 0.25) is 0 Å². The Hall–Kier alpha value is -6.27. The standard InChI is InChI=1S/C75H110O6/c1-4-7-10-13-16-19-22-25-28-30-32-34-36-37-39-40-42-44-47-50-53-56-59-62-65-68-74(77)80-71-72(70-79-73(76)67-64-61-58-55-52-49-46-27-24-21-18-15-12-9-6-3)81-75(78)69-66-63-60-57-54-51-48-45-43-41-38-35-33-31-29-26-23-20-17-14-11-8-5-2/h7-12,16-21,25-29,32-35,37,39,41-44,46,48,51-52,55,57,60-61,64,72H,4-6,13-15,22-24,30-31,36,38,40,45,47,49-50,53-54,56,58-59,62-63,65-71H2,1-3H3/b10-7-,11-8-,12-9-,19-16-,20-17-,21-18-,28-25-,29-26-,34-32-,35-33-,39-37-,43-41-,44-42-,46-27-,51-48-,55-52-,60-57-,64-61-. The fraction of sp³-hybridized carbons (Fsp3) is 0.480. The Bertz CT molecular complexity index is 2050. The maximum atomic E-state index is 12.9. The zero-order valence-corrected chi connectivity index (χ0v) is 50.9. The predicted octanol–water partition coefficient (Wildman–Crippen LogP) is 21.8. The zero-order valence-electron chi connectivity index (χ0n) is 50.9. The number of carbonyl (C=O) groups is 3. The molecule has 0 saturated heterocycles. The maximum absolute atomic E-state index is 12.9. The second-order valence-corrected chi connectivity index (χ2v) is 19.5. The summed E-state index contributed by atoms with van der Waals surface area (Å²) in [5.74, 6) is -1.18. The first kappa shape index (κ1) is 74.7. The Labute approximate surface area is 495 Å². The van der Waals surface area contributed by atoms with E-state index in [0.29, 0.717) is 19.3 Å². The van der Waals surface area contributed by atoms with Gasteiger partial charge in [-0.2, -0.15) is 0 Å². The van der Waals surface area contributed by atoms with Gasteiger partial charge in [-0.3, -0.25) is 14.4 Å². The molecule has 0 fully saturated rings. The van der Waals surface area contributed by atoms with E-state index in [9.17, 15) is 14.4 Å². The fourth-order valence-corrected chi connectivity index (χ4v) is 7.45. The highest BCUT2D eigenvalue weighted by atomic mass is 16.6. The van der Waals surface area contributed by atoms with Crippen LogP contribution in [0.2, 0.25) is 0 Å². The van der Waals surface area contributed by atoms with Crippen LogP contribution in [0.5, 0.6) is 0 Å². The number of hydrogen-bond acceptors (Lipinski definition) is 6. The van der Waals surface area contributed by atoms with Crippen LogP contribution in [0.15, 0.2) is 219 Å². The number of carbonyl (C=O) groups excluding carboxylic acids is 3. The number of ether oxygens (including phenoxy) is 3. The zero-order chi connectivity index (χ0) is 58.5. The molecule has 446 valence electrons. The minimum absolute atomic E-state index is 0.0986. The van der Waals surface area contributed by atoms with Crippen LogP contribution in [0, 0.1) is 0 Å². The molecule has 6 nitrogen and oxygen atoms in total. The molecular formula is C75H110O6. The van der Waals surface area contributed by atoms with E-state index >= 15 is 0 Å². The van der Waals surface area contributed by atoms with E-state index < -0.39 is 18.0 Å². The third-order valence-corrected chi connectivity index (χ3v) is 12.0. The van der Waals surface area contributed by atoms with E-state index in [4.69, 9.17) is 14.2 Å². The van der Waals surface area contributed by atoms with Crippen LogP contribution in [-0.2, 0) is 28.6 Å². The van der Waals surface area contributed by atoms with Crippen molar-refractivity contribution in [1.29, 1.82) is 0 Å². The number of hydrogen-bond donors (Lipinski definition) is 0. The molecule has 0 aromatic rings. The van der Waals surface area contributed by atoms with Crippen molar-refractivity contribution in [2.45, 2.75) is 219 Å². The number of unbranched alkanes of at least 4 members (excludes halogenated alkanes) is 7. The van der Waals surface area contributed by atoms with Crippen LogP contribution in [0.4, 0.5) is 0 Å². The van der Waals surface area contributed by atoms with E-state index in [1.807, 2.05) is 6.08 Å². The molecular weight excluding hydrogens is 997 g/mol. The normalized spacial score (nSPS) is 13.7. The van der Waals surface area contributed by atoms with Crippen molar-refractivity contribution in [3.63, 3.8) is 0 Å². The second kappa shape index (κ2) is 66.2. The molecule has 1 unspecified atom stereocenters. The van der Waals surface area contributed by atoms with Gasteiger partial charge < -0.3 is 14.2 Å². The summed E-state index contributed by atoms with van der Waals surface area (Å²) in [6.07, 6.45) is 104. The summed E-state index contributed by atoms with van der Waals surface area (Å²) in [7, 11) is 0. The van der Waals surface area contributed by atoms with Crippen LogP contribution in [0.3, 0.4) is 0 Å². The summed E-state index contributed by atoms with van der Waals surface area (Å²) in [6, 6.07) is 0. The quantitative estimate of drug-likeness (QED) is 0.0261. The lowest BCUT2D eigenvalue weighted by Crippen LogP contribution is -2.30. The summed E-state index contributed by atoms with van der Waals surface area (Å²) >= 11 is 0. The molecule has 0 N–H and O–H groups in total. The molecule has 0 rings (SSSR count). The van der Waals surface area contributed by atoms with Gasteiger partial charge in [0.05, 0.1) is 6.42 Å². The van der Waals surface area contributed by atoms with Gasteiger partial charge in [-0.25, -0.2) is 0 Å². The lowest BCUT2D eigenvalue weighted by molar-refractivity contribution is -0.166. The Kier molecular flexibility index (Phi) is 61.1. The molecule has 0 saturated carbocycles. The monoisotopic (exact) mass is 1110 g/mol. The Balaban J connectivity index is 4.63. The van der Waals surface area contributed by atoms with Gasteiger partial charge in [0.25, 0.3) is 0 Å². The lowest BCUT2D eigenvalue weighted by atomic mass is 10.1. The molecule has 81 heavy (non-hydrogen) atoms. The fourth-order valence-electron chi connectivity index (χ4n) is 7.45. The van der Waals surface area contributed by atoms with Crippen LogP contribution in [0.1, 0.15) is 213 Å². The highest BCUT2D eigenvalue weighted by Crippen LogP contribution is 2.12. The minimum atomic E-state index is -0.872. The number of allylic oxidation sites excluding steroid dienone is 35. The number of esters is 3. The molecule has 6 heteroatoms. The summed E-state index contributed by atoms with van der Waals surface area (Å²) in [5, 5.41) is 0. The molecule has 0 aromatic carbocycles. The van der Waals surface area contributed by atoms with Crippen molar-refractivity contribution >= 4 is 17.9 Å². The average molecular weight is 1110 g/mol. The van der Waals surface area contributed by atoms with Crippen LogP contribution in [0.25, 0.3) is 0 Å². The van der Waals surface area contributed by atoms with Gasteiger partial charge in [-0.05, 0) is 148 Å². The van der Waals surface area contributed by atoms with Gasteiger partial charge >= 0.3 is 17.9 Å². The highest BCUT2D eigenvalue weighted by molar-refractivity contribution is 5.72. The SMILES string of the molecule is CC/C=C\C/C=C\C/C=C\C/C=C\C/C=C\C/C=C\C/C=C\CCCC(=O)OC(COC(=O)C/C=C\C/C=C\C/C=C\C/C=C\C/C=C\CC)COC(=O)CCCCCCCC/C=C\C/C=C\C/C=C\C/C=C\C/C=C\C/C=C\CC. The molecule has 0 radical (unpaired) electrons. The molecule has 0 aliphatic heterocycles. The van der Waals surface area contributed by atoms with Crippen molar-refractivity contribution < 1.29 is 28.6 Å². The maximum Gasteiger partial charge on any atom is 0.309 e. The molecule has 0 aliphatic rings. The summed E-state index contributed by atoms with van der Waals surface area (Å²) in [5.41, 5.74) is 0. The van der Waals surface area contributed by atoms with Crippen LogP contribution >= 0.6 is 0 Å². The molecule has 0 heterocycles. The van der Waals surface area contributed by atoms with Gasteiger partial charge in [0.1, 0.15) is 13.2 Å². The van der Waals surface area contributed by atoms with Gasteiger partial charge in [0, 0.05) is 12.8 Å². The summed E-state index contributed by atoms with van der Waals surface area (Å²) in [4.78, 5) is 38.2. The lowest BCUT2D eigenvalue weighted by Gasteiger charge is -2.18. The van der Waals surface area contributed by atoms with E-state index in [1.165, 1.54) is 12.8 Å². The third-order valence-electron chi connectivity index (χ3n) is 12.0. The molecule has 1 atom stereocenters. The molecule has 0 bridgehead atoms. The first-order valence-electron chi connectivity index (χ1n) is 31.2. The molecule has 0 spiro atoms. The van der Waals surface area contributed by atoms with Crippen molar-refractivity contribution in [2.24, 2.45) is 0 Å². The van der Waals surface area contributed by atoms with Crippen molar-refractivity contribution in [2.75, 3.05) is 13.2 Å². The number of rotatable bonds is 53. The largest absolute Gasteiger partial charge is 0.462 e. The van der Waals surface area contributed by atoms with Crippen LogP contribution < -0.4 is 0 Å². The van der Waals surface area contributed by atoms with Crippen LogP contribution in [-0.4, -0.2) is 37.2 Å². The predicted molar refractivity (Wildman–Crippen MR) is 352 cm³/mol. The first-order chi connectivity index (χ1) is 40.0. The molecule has 0 amide bonds. The van der Waals surface area contributed by atoms with Gasteiger partial charge in [-0.15, -0.1) is 0 Å². The topological polar surface area (TPSA) is 78.9 Å². The Morgan fingerprint density at radius 3 is 0.840 bits per heavy atom. The minimum Gasteiger partial charge on any atom is -0.462 e. The summed E-state index contributed by atoms with van der Waals surface area (Å²) < 4.78 is 16.7. The van der Waals surface area contributed by atoms with E-state index in [2.05, 4.69) is 227 Å². The van der Waals surface area contributed by atoms with Crippen molar-refractivity contribution in [1.82, 2.24) is 0 Å². The third kappa shape index (κ3) is 64.4. The second-order valence-electron chi connectivity index (χ2n) is 19.5. The highest BCUT2D eigenvalue weighted by Gasteiger charge is 2.19. The first-order valence-corrected chi connectivity index (χ1v) is 31.2. The average Bonchev–Trinajstić information content (AvgIpc) is 3.47. The Morgan fingerprint density at radius 2 is 0.506 bits per heavy atom.